The molecule has 0 aliphatic rings. The lowest BCUT2D eigenvalue weighted by Crippen LogP contribution is -2.48. The molecule has 0 spiro atoms. The topological polar surface area (TPSA) is 75.7 Å². The summed E-state index contributed by atoms with van der Waals surface area (Å²) in [5.74, 6) is 0.0587. The van der Waals surface area contributed by atoms with E-state index in [4.69, 9.17) is 16.3 Å². The number of sulfonamides is 1. The van der Waals surface area contributed by atoms with E-state index in [2.05, 4.69) is 29.6 Å². The van der Waals surface area contributed by atoms with Crippen LogP contribution in [0.25, 0.3) is 0 Å². The highest BCUT2D eigenvalue weighted by Crippen LogP contribution is 2.31. The Hall–Kier alpha value is -2.25. The summed E-state index contributed by atoms with van der Waals surface area (Å²) < 4.78 is 30.9. The van der Waals surface area contributed by atoms with Gasteiger partial charge in [0.05, 0.1) is 24.1 Å². The number of anilines is 1. The molecule has 0 unspecified atom stereocenters. The van der Waals surface area contributed by atoms with Crippen molar-refractivity contribution in [3.63, 3.8) is 0 Å². The fourth-order valence-electron chi connectivity index (χ4n) is 3.01. The number of rotatable bonds is 9. The van der Waals surface area contributed by atoms with Gasteiger partial charge in [0.15, 0.2) is 0 Å². The highest BCUT2D eigenvalue weighted by atomic mass is 35.5. The van der Waals surface area contributed by atoms with Gasteiger partial charge in [-0.1, -0.05) is 41.4 Å². The molecule has 0 saturated carbocycles. The molecule has 0 fully saturated rings. The number of ether oxygens (including phenoxy) is 1. The summed E-state index contributed by atoms with van der Waals surface area (Å²) in [6.45, 7) is 4.04. The molecular weight excluding hydrogens is 412 g/mol. The largest absolute Gasteiger partial charge is 0.495 e. The second-order valence-electron chi connectivity index (χ2n) is 6.93. The maximum Gasteiger partial charge on any atom is 0.243 e. The van der Waals surface area contributed by atoms with Gasteiger partial charge in [-0.15, -0.1) is 0 Å². The summed E-state index contributed by atoms with van der Waals surface area (Å²) in [6, 6.07) is 11.9. The van der Waals surface area contributed by atoms with E-state index >= 15 is 0 Å². The Bertz CT molecular complexity index is 946. The van der Waals surface area contributed by atoms with Gasteiger partial charge in [-0.2, -0.15) is 0 Å². The third-order valence-electron chi connectivity index (χ3n) is 4.54. The molecule has 1 atom stereocenters. The molecule has 0 heterocycles. The molecule has 1 amide bonds. The number of halogens is 1. The van der Waals surface area contributed by atoms with Gasteiger partial charge in [0.2, 0.25) is 15.9 Å². The second-order valence-corrected chi connectivity index (χ2v) is 9.20. The lowest BCUT2D eigenvalue weighted by atomic mass is 10.1. The van der Waals surface area contributed by atoms with E-state index in [0.29, 0.717) is 18.0 Å². The molecule has 1 N–H and O–H groups in total. The first-order valence-corrected chi connectivity index (χ1v) is 11.5. The molecule has 0 aliphatic heterocycles. The summed E-state index contributed by atoms with van der Waals surface area (Å²) in [6.07, 6.45) is 2.65. The molecule has 0 aromatic heterocycles. The highest BCUT2D eigenvalue weighted by Gasteiger charge is 2.29. The summed E-state index contributed by atoms with van der Waals surface area (Å²) in [7, 11) is -2.23. The van der Waals surface area contributed by atoms with Crippen LogP contribution in [-0.2, 0) is 21.2 Å². The molecule has 2 aromatic rings. The average molecular weight is 439 g/mol. The molecule has 29 heavy (non-hydrogen) atoms. The predicted molar refractivity (Wildman–Crippen MR) is 117 cm³/mol. The molecule has 0 aliphatic carbocycles. The summed E-state index contributed by atoms with van der Waals surface area (Å²) >= 11 is 6.13. The third kappa shape index (κ3) is 6.37. The number of hydrogen-bond acceptors (Lipinski definition) is 4. The van der Waals surface area contributed by atoms with Crippen LogP contribution in [0.3, 0.4) is 0 Å². The minimum absolute atomic E-state index is 0.268. The zero-order chi connectivity index (χ0) is 21.6. The monoisotopic (exact) mass is 438 g/mol. The molecule has 2 aromatic carbocycles. The number of methoxy groups -OCH3 is 1. The first-order valence-electron chi connectivity index (χ1n) is 9.29. The minimum Gasteiger partial charge on any atom is -0.495 e. The van der Waals surface area contributed by atoms with Crippen LogP contribution in [0, 0.1) is 6.92 Å². The average Bonchev–Trinajstić information content (AvgIpc) is 2.65. The van der Waals surface area contributed by atoms with Crippen molar-refractivity contribution in [2.24, 2.45) is 0 Å². The normalized spacial score (nSPS) is 12.3. The fraction of sp³-hybridized carbons (Fsp3) is 0.381. The first-order chi connectivity index (χ1) is 13.6. The number of carbonyl (C=O) groups is 1. The van der Waals surface area contributed by atoms with Crippen molar-refractivity contribution in [1.29, 1.82) is 0 Å². The van der Waals surface area contributed by atoms with Gasteiger partial charge >= 0.3 is 0 Å². The van der Waals surface area contributed by atoms with Crippen LogP contribution in [0.1, 0.15) is 24.5 Å². The van der Waals surface area contributed by atoms with Crippen molar-refractivity contribution in [3.8, 4) is 5.75 Å². The molecular formula is C21H27ClN2O4S. The maximum atomic E-state index is 12.6. The van der Waals surface area contributed by atoms with E-state index in [1.165, 1.54) is 24.3 Å². The fourth-order valence-corrected chi connectivity index (χ4v) is 4.43. The second kappa shape index (κ2) is 9.98. The van der Waals surface area contributed by atoms with Crippen molar-refractivity contribution in [2.45, 2.75) is 32.7 Å². The van der Waals surface area contributed by atoms with Gasteiger partial charge in [-0.05, 0) is 50.5 Å². The molecule has 0 radical (unpaired) electrons. The Kier molecular flexibility index (Phi) is 7.93. The molecule has 0 bridgehead atoms. The molecule has 0 saturated heterocycles. The number of nitrogens with zero attached hydrogens (tertiary/aromatic N) is 1. The highest BCUT2D eigenvalue weighted by molar-refractivity contribution is 7.92. The lowest BCUT2D eigenvalue weighted by molar-refractivity contribution is -0.121. The van der Waals surface area contributed by atoms with Gasteiger partial charge in [0, 0.05) is 6.54 Å². The minimum atomic E-state index is -3.70. The standard InChI is InChI=1S/C21H27ClN2O4S/c1-15-7-9-17(10-8-15)6-5-13-23-21(25)16(2)24(29(4,26)27)18-11-12-20(28-3)19(22)14-18/h7-12,14,16H,5-6,13H2,1-4H3,(H,23,25)/t16-/m1/s1. The van der Waals surface area contributed by atoms with E-state index in [0.717, 1.165) is 23.4 Å². The molecule has 6 nitrogen and oxygen atoms in total. The van der Waals surface area contributed by atoms with Crippen molar-refractivity contribution in [1.82, 2.24) is 5.32 Å². The maximum absolute atomic E-state index is 12.6. The van der Waals surface area contributed by atoms with Gasteiger partial charge in [0.1, 0.15) is 11.8 Å². The number of nitrogens with one attached hydrogen (secondary N) is 1. The van der Waals surface area contributed by atoms with E-state index in [-0.39, 0.29) is 10.9 Å². The smallest absolute Gasteiger partial charge is 0.243 e. The number of benzene rings is 2. The van der Waals surface area contributed by atoms with Crippen molar-refractivity contribution >= 4 is 33.2 Å². The van der Waals surface area contributed by atoms with Crippen molar-refractivity contribution in [2.75, 3.05) is 24.2 Å². The van der Waals surface area contributed by atoms with Crippen LogP contribution in [0.5, 0.6) is 5.75 Å². The number of carbonyl (C=O) groups excluding carboxylic acids is 1. The zero-order valence-corrected chi connectivity index (χ0v) is 18.7. The van der Waals surface area contributed by atoms with E-state index in [1.54, 1.807) is 19.1 Å². The summed E-state index contributed by atoms with van der Waals surface area (Å²) in [5, 5.41) is 3.09. The Morgan fingerprint density at radius 2 is 1.86 bits per heavy atom. The van der Waals surface area contributed by atoms with Gasteiger partial charge in [0.25, 0.3) is 0 Å². The zero-order valence-electron chi connectivity index (χ0n) is 17.1. The molecule has 8 heteroatoms. The SMILES string of the molecule is COc1ccc(N([C@H](C)C(=O)NCCCc2ccc(C)cc2)S(C)(=O)=O)cc1Cl. The number of hydrogen-bond donors (Lipinski definition) is 1. The van der Waals surface area contributed by atoms with Crippen molar-refractivity contribution < 1.29 is 17.9 Å². The predicted octanol–water partition coefficient (Wildman–Crippen LogP) is 3.56. The lowest BCUT2D eigenvalue weighted by Gasteiger charge is -2.28. The van der Waals surface area contributed by atoms with Crippen LogP contribution in [0.4, 0.5) is 5.69 Å². The first kappa shape index (κ1) is 23.0. The van der Waals surface area contributed by atoms with Crippen LogP contribution in [0.2, 0.25) is 5.02 Å². The van der Waals surface area contributed by atoms with E-state index in [9.17, 15) is 13.2 Å². The number of aryl methyl sites for hydroxylation is 2. The number of amides is 1. The van der Waals surface area contributed by atoms with Crippen LogP contribution >= 0.6 is 11.6 Å². The van der Waals surface area contributed by atoms with Crippen LogP contribution < -0.4 is 14.4 Å². The van der Waals surface area contributed by atoms with Crippen LogP contribution in [0.15, 0.2) is 42.5 Å². The summed E-state index contributed by atoms with van der Waals surface area (Å²) in [5.41, 5.74) is 2.71. The Morgan fingerprint density at radius 3 is 2.41 bits per heavy atom. The van der Waals surface area contributed by atoms with Gasteiger partial charge in [-0.3, -0.25) is 9.10 Å². The Balaban J connectivity index is 2.03. The Morgan fingerprint density at radius 1 is 1.21 bits per heavy atom. The Labute approximate surface area is 177 Å². The quantitative estimate of drug-likeness (QED) is 0.607. The van der Waals surface area contributed by atoms with E-state index in [1.807, 2.05) is 6.92 Å². The van der Waals surface area contributed by atoms with Gasteiger partial charge < -0.3 is 10.1 Å². The van der Waals surface area contributed by atoms with E-state index < -0.39 is 16.1 Å². The van der Waals surface area contributed by atoms with Crippen molar-refractivity contribution in [3.05, 3.63) is 58.6 Å². The third-order valence-corrected chi connectivity index (χ3v) is 6.08. The molecule has 158 valence electrons. The summed E-state index contributed by atoms with van der Waals surface area (Å²) in [4.78, 5) is 12.6. The molecule has 2 rings (SSSR count). The van der Waals surface area contributed by atoms with Crippen LogP contribution in [-0.4, -0.2) is 40.3 Å². The van der Waals surface area contributed by atoms with Gasteiger partial charge in [-0.25, -0.2) is 8.42 Å².